The van der Waals surface area contributed by atoms with Crippen LogP contribution in [0.5, 0.6) is 0 Å². The standard InChI is InChI=1S/C16H16ClNO2/c1-18(2)16(17)10-8-13(9-11-16)15(20)14(19)12-6-4-3-5-7-12/h3-10H,11H2,1-2H3. The van der Waals surface area contributed by atoms with Crippen molar-refractivity contribution >= 4 is 23.2 Å². The number of benzene rings is 1. The van der Waals surface area contributed by atoms with Gasteiger partial charge in [-0.1, -0.05) is 54.1 Å². The molecule has 0 radical (unpaired) electrons. The number of carbonyl (C=O) groups excluding carboxylic acids is 2. The van der Waals surface area contributed by atoms with E-state index in [9.17, 15) is 9.59 Å². The van der Waals surface area contributed by atoms with Gasteiger partial charge in [-0.2, -0.15) is 0 Å². The maximum atomic E-state index is 12.2. The molecule has 0 bridgehead atoms. The van der Waals surface area contributed by atoms with Crippen molar-refractivity contribution in [3.63, 3.8) is 0 Å². The first kappa shape index (κ1) is 14.7. The molecule has 1 atom stereocenters. The molecule has 0 amide bonds. The van der Waals surface area contributed by atoms with Gasteiger partial charge in [0.25, 0.3) is 0 Å². The summed E-state index contributed by atoms with van der Waals surface area (Å²) >= 11 is 6.37. The number of ketones is 2. The molecular formula is C16H16ClNO2. The SMILES string of the molecule is CN(C)C1(Cl)C=CC(C(=O)C(=O)c2ccccc2)=CC1. The van der Waals surface area contributed by atoms with Crippen LogP contribution in [0, 0.1) is 0 Å². The number of hydrogen-bond acceptors (Lipinski definition) is 3. The zero-order chi connectivity index (χ0) is 14.8. The Hall–Kier alpha value is -1.71. The Morgan fingerprint density at radius 1 is 1.15 bits per heavy atom. The molecule has 0 spiro atoms. The third-order valence-electron chi connectivity index (χ3n) is 3.37. The molecule has 20 heavy (non-hydrogen) atoms. The summed E-state index contributed by atoms with van der Waals surface area (Å²) < 4.78 is 0. The first-order chi connectivity index (χ1) is 9.44. The van der Waals surface area contributed by atoms with E-state index in [-0.39, 0.29) is 0 Å². The summed E-state index contributed by atoms with van der Waals surface area (Å²) in [6, 6.07) is 8.56. The van der Waals surface area contributed by atoms with Crippen molar-refractivity contribution in [2.45, 2.75) is 11.4 Å². The number of hydrogen-bond donors (Lipinski definition) is 0. The highest BCUT2D eigenvalue weighted by molar-refractivity contribution is 6.49. The van der Waals surface area contributed by atoms with Crippen LogP contribution in [0.4, 0.5) is 0 Å². The van der Waals surface area contributed by atoms with Crippen molar-refractivity contribution < 1.29 is 9.59 Å². The second-order valence-electron chi connectivity index (χ2n) is 4.93. The Morgan fingerprint density at radius 2 is 1.80 bits per heavy atom. The predicted octanol–water partition coefficient (Wildman–Crippen LogP) is 2.82. The quantitative estimate of drug-likeness (QED) is 0.370. The molecule has 0 fully saturated rings. The third kappa shape index (κ3) is 2.89. The van der Waals surface area contributed by atoms with Gasteiger partial charge in [0.15, 0.2) is 0 Å². The molecule has 1 unspecified atom stereocenters. The maximum Gasteiger partial charge on any atom is 0.233 e. The maximum absolute atomic E-state index is 12.2. The minimum atomic E-state index is -0.625. The third-order valence-corrected chi connectivity index (χ3v) is 3.99. The molecule has 0 aromatic heterocycles. The lowest BCUT2D eigenvalue weighted by Gasteiger charge is -2.32. The largest absolute Gasteiger partial charge is 0.288 e. The normalized spacial score (nSPS) is 21.7. The van der Waals surface area contributed by atoms with E-state index >= 15 is 0 Å². The molecule has 0 saturated heterocycles. The number of halogens is 1. The van der Waals surface area contributed by atoms with Crippen molar-refractivity contribution in [1.82, 2.24) is 4.90 Å². The zero-order valence-electron chi connectivity index (χ0n) is 11.5. The average Bonchev–Trinajstić information content (AvgIpc) is 2.47. The van der Waals surface area contributed by atoms with Crippen LogP contribution in [0.25, 0.3) is 0 Å². The Bertz CT molecular complexity index is 590. The number of alkyl halides is 1. The first-order valence-electron chi connectivity index (χ1n) is 6.34. The second-order valence-corrected chi connectivity index (χ2v) is 5.59. The van der Waals surface area contributed by atoms with Crippen molar-refractivity contribution in [2.75, 3.05) is 14.1 Å². The van der Waals surface area contributed by atoms with Crippen molar-refractivity contribution in [2.24, 2.45) is 0 Å². The first-order valence-corrected chi connectivity index (χ1v) is 6.72. The number of likely N-dealkylation sites (N-methyl/N-ethyl adjacent to an activating group) is 1. The number of allylic oxidation sites excluding steroid dienone is 2. The predicted molar refractivity (Wildman–Crippen MR) is 79.9 cm³/mol. The molecule has 3 nitrogen and oxygen atoms in total. The van der Waals surface area contributed by atoms with Crippen LogP contribution in [0.1, 0.15) is 16.8 Å². The summed E-state index contributed by atoms with van der Waals surface area (Å²) in [4.78, 5) is 25.5. The lowest BCUT2D eigenvalue weighted by molar-refractivity contribution is -0.111. The number of nitrogens with zero attached hydrogens (tertiary/aromatic N) is 1. The Kier molecular flexibility index (Phi) is 4.21. The number of Topliss-reactive ketones (excluding diaryl/α,β-unsaturated/α-hetero) is 2. The highest BCUT2D eigenvalue weighted by Gasteiger charge is 2.30. The van der Waals surface area contributed by atoms with E-state index in [2.05, 4.69) is 0 Å². The highest BCUT2D eigenvalue weighted by atomic mass is 35.5. The smallest absolute Gasteiger partial charge is 0.233 e. The van der Waals surface area contributed by atoms with Crippen molar-refractivity contribution in [3.05, 3.63) is 59.7 Å². The lowest BCUT2D eigenvalue weighted by Crippen LogP contribution is -2.37. The average molecular weight is 290 g/mol. The summed E-state index contributed by atoms with van der Waals surface area (Å²) in [6.07, 6.45) is 5.58. The Labute approximate surface area is 123 Å². The van der Waals surface area contributed by atoms with Gasteiger partial charge in [-0.25, -0.2) is 0 Å². The van der Waals surface area contributed by atoms with Gasteiger partial charge >= 0.3 is 0 Å². The lowest BCUT2D eigenvalue weighted by atomic mass is 9.95. The molecule has 104 valence electrons. The van der Waals surface area contributed by atoms with Gasteiger partial charge < -0.3 is 0 Å². The van der Waals surface area contributed by atoms with Gasteiger partial charge in [-0.3, -0.25) is 14.5 Å². The van der Waals surface area contributed by atoms with E-state index in [1.807, 2.05) is 19.0 Å². The van der Waals surface area contributed by atoms with Gasteiger partial charge in [-0.05, 0) is 20.2 Å². The summed E-state index contributed by atoms with van der Waals surface area (Å²) in [6.45, 7) is 0. The minimum absolute atomic E-state index is 0.400. The molecule has 1 aliphatic rings. The van der Waals surface area contributed by atoms with Gasteiger partial charge in [0.2, 0.25) is 11.6 Å². The molecule has 0 saturated carbocycles. The van der Waals surface area contributed by atoms with Gasteiger partial charge in [0.05, 0.1) is 0 Å². The highest BCUT2D eigenvalue weighted by Crippen LogP contribution is 2.30. The van der Waals surface area contributed by atoms with Crippen molar-refractivity contribution in [1.29, 1.82) is 0 Å². The van der Waals surface area contributed by atoms with Gasteiger partial charge in [-0.15, -0.1) is 0 Å². The topological polar surface area (TPSA) is 37.4 Å². The molecule has 1 aromatic rings. The van der Waals surface area contributed by atoms with Crippen LogP contribution in [-0.2, 0) is 4.79 Å². The van der Waals surface area contributed by atoms with Crippen LogP contribution in [0.15, 0.2) is 54.1 Å². The Morgan fingerprint density at radius 3 is 2.30 bits per heavy atom. The molecule has 0 N–H and O–H groups in total. The van der Waals surface area contributed by atoms with Crippen LogP contribution in [0.2, 0.25) is 0 Å². The zero-order valence-corrected chi connectivity index (χ0v) is 12.2. The van der Waals surface area contributed by atoms with E-state index in [1.165, 1.54) is 0 Å². The van der Waals surface area contributed by atoms with E-state index in [0.29, 0.717) is 17.6 Å². The van der Waals surface area contributed by atoms with Crippen LogP contribution in [-0.4, -0.2) is 35.6 Å². The summed E-state index contributed by atoms with van der Waals surface area (Å²) in [5.74, 6) is -0.988. The fourth-order valence-corrected chi connectivity index (χ4v) is 2.10. The van der Waals surface area contributed by atoms with Crippen LogP contribution >= 0.6 is 11.6 Å². The van der Waals surface area contributed by atoms with Crippen LogP contribution in [0.3, 0.4) is 0 Å². The van der Waals surface area contributed by atoms with Crippen LogP contribution < -0.4 is 0 Å². The molecule has 4 heteroatoms. The summed E-state index contributed by atoms with van der Waals surface area (Å²) in [7, 11) is 3.74. The van der Waals surface area contributed by atoms with E-state index in [0.717, 1.165) is 0 Å². The fraction of sp³-hybridized carbons (Fsp3) is 0.250. The number of carbonyl (C=O) groups is 2. The minimum Gasteiger partial charge on any atom is -0.288 e. The molecule has 0 heterocycles. The fourth-order valence-electron chi connectivity index (χ4n) is 1.96. The van der Waals surface area contributed by atoms with E-state index in [1.54, 1.807) is 48.6 Å². The molecule has 1 aromatic carbocycles. The van der Waals surface area contributed by atoms with Gasteiger partial charge in [0, 0.05) is 17.6 Å². The second kappa shape index (κ2) is 5.73. The molecular weight excluding hydrogens is 274 g/mol. The summed E-state index contributed by atoms with van der Waals surface area (Å²) in [5, 5.41) is 0. The number of rotatable bonds is 4. The van der Waals surface area contributed by atoms with Gasteiger partial charge in [0.1, 0.15) is 5.00 Å². The van der Waals surface area contributed by atoms with Crippen molar-refractivity contribution in [3.8, 4) is 0 Å². The summed E-state index contributed by atoms with van der Waals surface area (Å²) in [5.41, 5.74) is 0.805. The monoisotopic (exact) mass is 289 g/mol. The molecule has 1 aliphatic carbocycles. The molecule has 0 aliphatic heterocycles. The van der Waals surface area contributed by atoms with E-state index < -0.39 is 16.6 Å². The van der Waals surface area contributed by atoms with E-state index in [4.69, 9.17) is 11.6 Å². The Balaban J connectivity index is 2.15. The molecule has 2 rings (SSSR count).